The van der Waals surface area contributed by atoms with E-state index < -0.39 is 17.9 Å². The molecular weight excluding hydrogens is 278 g/mol. The number of carbonyl (C=O) groups excluding carboxylic acids is 1. The summed E-state index contributed by atoms with van der Waals surface area (Å²) in [5.41, 5.74) is 0.937. The summed E-state index contributed by atoms with van der Waals surface area (Å²) in [6.45, 7) is 1.62. The number of thioether (sulfide) groups is 1. The summed E-state index contributed by atoms with van der Waals surface area (Å²) in [4.78, 5) is 27.0. The summed E-state index contributed by atoms with van der Waals surface area (Å²) in [5, 5.41) is 20.3. The summed E-state index contributed by atoms with van der Waals surface area (Å²) < 4.78 is 0. The van der Waals surface area contributed by atoms with Gasteiger partial charge in [-0.3, -0.25) is 4.79 Å². The first-order valence-corrected chi connectivity index (χ1v) is 7.29. The van der Waals surface area contributed by atoms with Crippen molar-refractivity contribution in [2.45, 2.75) is 19.4 Å². The van der Waals surface area contributed by atoms with Gasteiger partial charge in [0.05, 0.1) is 11.3 Å². The number of aliphatic carboxylic acids is 1. The Kier molecular flexibility index (Phi) is 6.00. The Morgan fingerprint density at radius 2 is 2.25 bits per heavy atom. The molecule has 1 rings (SSSR count). The number of hydrogen-bond acceptors (Lipinski definition) is 5. The first kappa shape index (κ1) is 16.0. The quantitative estimate of drug-likeness (QED) is 0.817. The van der Waals surface area contributed by atoms with Crippen molar-refractivity contribution in [3.8, 4) is 6.07 Å². The smallest absolute Gasteiger partial charge is 0.326 e. The molecule has 0 aromatic carbocycles. The molecule has 0 radical (unpaired) electrons. The molecule has 1 heterocycles. The van der Waals surface area contributed by atoms with Gasteiger partial charge in [-0.1, -0.05) is 0 Å². The Labute approximate surface area is 121 Å². The van der Waals surface area contributed by atoms with Crippen molar-refractivity contribution in [1.29, 1.82) is 5.26 Å². The van der Waals surface area contributed by atoms with Crippen LogP contribution in [0.1, 0.15) is 28.2 Å². The van der Waals surface area contributed by atoms with Crippen molar-refractivity contribution < 1.29 is 14.7 Å². The highest BCUT2D eigenvalue weighted by Gasteiger charge is 2.21. The Morgan fingerprint density at radius 3 is 2.75 bits per heavy atom. The Balaban J connectivity index is 2.81. The molecule has 6 nitrogen and oxygen atoms in total. The molecule has 0 unspecified atom stereocenters. The van der Waals surface area contributed by atoms with E-state index in [-0.39, 0.29) is 5.69 Å². The number of carboxylic acids is 1. The molecule has 0 fully saturated rings. The lowest BCUT2D eigenvalue weighted by atomic mass is 10.2. The molecule has 1 aromatic heterocycles. The monoisotopic (exact) mass is 293 g/mol. The molecular formula is C13H15N3O3S. The van der Waals surface area contributed by atoms with Gasteiger partial charge in [0.25, 0.3) is 5.91 Å². The average molecular weight is 293 g/mol. The van der Waals surface area contributed by atoms with E-state index in [1.807, 2.05) is 12.3 Å². The molecule has 0 bridgehead atoms. The number of aryl methyl sites for hydroxylation is 1. The number of hydrogen-bond donors (Lipinski definition) is 2. The van der Waals surface area contributed by atoms with Crippen LogP contribution in [0.3, 0.4) is 0 Å². The molecule has 0 saturated heterocycles. The normalized spacial score (nSPS) is 11.4. The van der Waals surface area contributed by atoms with E-state index >= 15 is 0 Å². The van der Waals surface area contributed by atoms with Gasteiger partial charge < -0.3 is 10.4 Å². The van der Waals surface area contributed by atoms with Gasteiger partial charge in [0.1, 0.15) is 17.8 Å². The van der Waals surface area contributed by atoms with Crippen molar-refractivity contribution in [1.82, 2.24) is 10.3 Å². The maximum Gasteiger partial charge on any atom is 0.326 e. The van der Waals surface area contributed by atoms with Crippen molar-refractivity contribution in [3.05, 3.63) is 29.1 Å². The molecule has 1 aromatic rings. The fraction of sp³-hybridized carbons (Fsp3) is 0.385. The van der Waals surface area contributed by atoms with Crippen LogP contribution in [0.4, 0.5) is 0 Å². The first-order chi connectivity index (χ1) is 9.49. The van der Waals surface area contributed by atoms with Gasteiger partial charge in [0.2, 0.25) is 0 Å². The topological polar surface area (TPSA) is 103 Å². The first-order valence-electron chi connectivity index (χ1n) is 5.90. The van der Waals surface area contributed by atoms with Gasteiger partial charge in [-0.25, -0.2) is 9.78 Å². The number of amides is 1. The largest absolute Gasteiger partial charge is 0.480 e. The minimum atomic E-state index is -1.07. The van der Waals surface area contributed by atoms with Crippen LogP contribution in [0.2, 0.25) is 0 Å². The van der Waals surface area contributed by atoms with E-state index in [1.54, 1.807) is 6.92 Å². The van der Waals surface area contributed by atoms with Crippen LogP contribution in [-0.2, 0) is 4.79 Å². The third kappa shape index (κ3) is 4.24. The van der Waals surface area contributed by atoms with Gasteiger partial charge in [-0.05, 0) is 37.5 Å². The van der Waals surface area contributed by atoms with E-state index in [2.05, 4.69) is 10.3 Å². The number of carboxylic acid groups (broad SMARTS) is 1. The standard InChI is InChI=1S/C13H15N3O3S/c1-8-9(7-14)3-4-10(15-8)12(17)16-11(13(18)19)5-6-20-2/h3-4,11H,5-6H2,1-2H3,(H,16,17)(H,18,19)/t11-/m1/s1. The predicted octanol–water partition coefficient (Wildman–Crippen LogP) is 1.20. The Hall–Kier alpha value is -2.07. The number of nitrogens with zero attached hydrogens (tertiary/aromatic N) is 2. The van der Waals surface area contributed by atoms with Gasteiger partial charge in [0, 0.05) is 0 Å². The molecule has 1 amide bonds. The maximum absolute atomic E-state index is 11.9. The Morgan fingerprint density at radius 1 is 1.55 bits per heavy atom. The van der Waals surface area contributed by atoms with Gasteiger partial charge >= 0.3 is 5.97 Å². The molecule has 0 saturated carbocycles. The van der Waals surface area contributed by atoms with Gasteiger partial charge in [-0.15, -0.1) is 0 Å². The number of aromatic nitrogens is 1. The van der Waals surface area contributed by atoms with Crippen molar-refractivity contribution in [2.75, 3.05) is 12.0 Å². The number of nitrogens with one attached hydrogen (secondary N) is 1. The van der Waals surface area contributed by atoms with Crippen LogP contribution >= 0.6 is 11.8 Å². The van der Waals surface area contributed by atoms with Gasteiger partial charge in [-0.2, -0.15) is 17.0 Å². The molecule has 0 spiro atoms. The molecule has 20 heavy (non-hydrogen) atoms. The third-order valence-corrected chi connectivity index (χ3v) is 3.30. The number of rotatable bonds is 6. The second kappa shape index (κ2) is 7.50. The van der Waals surface area contributed by atoms with Gasteiger partial charge in [0.15, 0.2) is 0 Å². The molecule has 106 valence electrons. The molecule has 0 aliphatic carbocycles. The summed E-state index contributed by atoms with van der Waals surface area (Å²) in [5.74, 6) is -0.985. The second-order valence-corrected chi connectivity index (χ2v) is 5.07. The second-order valence-electron chi connectivity index (χ2n) is 4.09. The van der Waals surface area contributed by atoms with Crippen molar-refractivity contribution >= 4 is 23.6 Å². The predicted molar refractivity (Wildman–Crippen MR) is 75.6 cm³/mol. The third-order valence-electron chi connectivity index (χ3n) is 2.65. The Bertz CT molecular complexity index is 554. The van der Waals surface area contributed by atoms with E-state index in [0.29, 0.717) is 23.4 Å². The zero-order chi connectivity index (χ0) is 15.1. The summed E-state index contributed by atoms with van der Waals surface area (Å²) in [6, 6.07) is 3.93. The van der Waals surface area contributed by atoms with E-state index in [9.17, 15) is 9.59 Å². The molecule has 0 aliphatic rings. The van der Waals surface area contributed by atoms with Crippen LogP contribution in [0.25, 0.3) is 0 Å². The maximum atomic E-state index is 11.9. The number of nitriles is 1. The average Bonchev–Trinajstić information content (AvgIpc) is 2.42. The van der Waals surface area contributed by atoms with E-state index in [4.69, 9.17) is 10.4 Å². The van der Waals surface area contributed by atoms with E-state index in [1.165, 1.54) is 23.9 Å². The summed E-state index contributed by atoms with van der Waals surface area (Å²) in [6.07, 6.45) is 2.21. The van der Waals surface area contributed by atoms with Crippen molar-refractivity contribution in [2.24, 2.45) is 0 Å². The highest BCUT2D eigenvalue weighted by molar-refractivity contribution is 7.98. The zero-order valence-corrected chi connectivity index (χ0v) is 12.0. The van der Waals surface area contributed by atoms with E-state index in [0.717, 1.165) is 0 Å². The minimum Gasteiger partial charge on any atom is -0.480 e. The fourth-order valence-electron chi connectivity index (χ4n) is 1.53. The number of carbonyl (C=O) groups is 2. The summed E-state index contributed by atoms with van der Waals surface area (Å²) in [7, 11) is 0. The lowest BCUT2D eigenvalue weighted by molar-refractivity contribution is -0.139. The van der Waals surface area contributed by atoms with Crippen LogP contribution in [0.15, 0.2) is 12.1 Å². The van der Waals surface area contributed by atoms with Crippen LogP contribution in [0.5, 0.6) is 0 Å². The van der Waals surface area contributed by atoms with Crippen LogP contribution < -0.4 is 5.32 Å². The van der Waals surface area contributed by atoms with Crippen LogP contribution in [-0.4, -0.2) is 40.0 Å². The lowest BCUT2D eigenvalue weighted by Crippen LogP contribution is -2.41. The highest BCUT2D eigenvalue weighted by Crippen LogP contribution is 2.07. The fourth-order valence-corrected chi connectivity index (χ4v) is 2.00. The SMILES string of the molecule is CSCC[C@@H](NC(=O)c1ccc(C#N)c(C)n1)C(=O)O. The lowest BCUT2D eigenvalue weighted by Gasteiger charge is -2.13. The zero-order valence-electron chi connectivity index (χ0n) is 11.2. The minimum absolute atomic E-state index is 0.108. The highest BCUT2D eigenvalue weighted by atomic mass is 32.2. The molecule has 7 heteroatoms. The molecule has 1 atom stereocenters. The molecule has 2 N–H and O–H groups in total. The molecule has 0 aliphatic heterocycles. The number of pyridine rings is 1. The van der Waals surface area contributed by atoms with Crippen LogP contribution in [0, 0.1) is 18.3 Å². The van der Waals surface area contributed by atoms with Crippen molar-refractivity contribution in [3.63, 3.8) is 0 Å². The summed E-state index contributed by atoms with van der Waals surface area (Å²) >= 11 is 1.51.